The summed E-state index contributed by atoms with van der Waals surface area (Å²) in [7, 11) is 0. The van der Waals surface area contributed by atoms with Crippen LogP contribution >= 0.6 is 0 Å². The zero-order chi connectivity index (χ0) is 14.0. The Kier molecular flexibility index (Phi) is 8.15. The molecule has 0 aliphatic heterocycles. The Labute approximate surface area is 111 Å². The summed E-state index contributed by atoms with van der Waals surface area (Å²) in [6.45, 7) is 14.2. The molecule has 0 heterocycles. The van der Waals surface area contributed by atoms with Crippen LogP contribution < -0.4 is 4.90 Å². The topological polar surface area (TPSA) is 30.7 Å². The number of allylic oxidation sites excluding steroid dienone is 1. The molecular weight excluding hydrogens is 226 g/mol. The van der Waals surface area contributed by atoms with Gasteiger partial charge in [-0.2, -0.15) is 0 Å². The molecule has 0 aromatic heterocycles. The van der Waals surface area contributed by atoms with Crippen LogP contribution in [0.1, 0.15) is 40.5 Å². The summed E-state index contributed by atoms with van der Waals surface area (Å²) in [6.07, 6.45) is 3.30. The lowest BCUT2D eigenvalue weighted by atomic mass is 10.0. The number of hydrogen-bond donors (Lipinski definition) is 1. The van der Waals surface area contributed by atoms with Gasteiger partial charge in [0.2, 0.25) is 0 Å². The summed E-state index contributed by atoms with van der Waals surface area (Å²) in [5.41, 5.74) is -0.688. The molecule has 0 aromatic rings. The highest BCUT2D eigenvalue weighted by atomic mass is 16.6. The van der Waals surface area contributed by atoms with Crippen LogP contribution in [0.3, 0.4) is 0 Å². The molecule has 0 saturated heterocycles. The molecule has 0 saturated carbocycles. The number of rotatable bonds is 7. The molecule has 18 heavy (non-hydrogen) atoms. The van der Waals surface area contributed by atoms with Gasteiger partial charge in [-0.05, 0) is 39.0 Å². The van der Waals surface area contributed by atoms with Crippen molar-refractivity contribution in [2.75, 3.05) is 19.6 Å². The Morgan fingerprint density at radius 2 is 2.06 bits per heavy atom. The van der Waals surface area contributed by atoms with E-state index in [-0.39, 0.29) is 5.97 Å². The van der Waals surface area contributed by atoms with Crippen molar-refractivity contribution in [1.82, 2.24) is 0 Å². The van der Waals surface area contributed by atoms with Crippen molar-refractivity contribution in [3.05, 3.63) is 12.7 Å². The second kappa shape index (κ2) is 8.77. The Morgan fingerprint density at radius 1 is 1.44 bits per heavy atom. The first-order valence-corrected chi connectivity index (χ1v) is 6.61. The lowest BCUT2D eigenvalue weighted by molar-refractivity contribution is -0.889. The third-order valence-corrected chi connectivity index (χ3v) is 2.89. The third kappa shape index (κ3) is 7.13. The van der Waals surface area contributed by atoms with Gasteiger partial charge in [0.1, 0.15) is 6.54 Å². The molecule has 0 aliphatic carbocycles. The molecule has 3 nitrogen and oxygen atoms in total. The van der Waals surface area contributed by atoms with Crippen LogP contribution in [0.4, 0.5) is 0 Å². The van der Waals surface area contributed by atoms with Crippen LogP contribution in [0.15, 0.2) is 12.7 Å². The average molecular weight is 252 g/mol. The maximum absolute atomic E-state index is 11.1. The van der Waals surface area contributed by atoms with E-state index >= 15 is 0 Å². The van der Waals surface area contributed by atoms with Crippen LogP contribution in [0, 0.1) is 11.8 Å². The molecule has 0 fully saturated rings. The summed E-state index contributed by atoms with van der Waals surface area (Å²) in [4.78, 5) is 12.5. The zero-order valence-corrected chi connectivity index (χ0v) is 12.1. The average Bonchev–Trinajstić information content (AvgIpc) is 2.31. The number of ether oxygens (including phenoxy) is 1. The Balaban J connectivity index is 4.61. The quantitative estimate of drug-likeness (QED) is 0.419. The number of hydrogen-bond acceptors (Lipinski definition) is 2. The monoisotopic (exact) mass is 252 g/mol. The summed E-state index contributed by atoms with van der Waals surface area (Å²) in [6, 6.07) is 0. The van der Waals surface area contributed by atoms with Crippen molar-refractivity contribution in [3.63, 3.8) is 0 Å². The van der Waals surface area contributed by atoms with Gasteiger partial charge in [0.05, 0.1) is 13.1 Å². The summed E-state index contributed by atoms with van der Waals surface area (Å²) < 4.78 is 5.32. The maximum Gasteiger partial charge on any atom is 0.304 e. The minimum absolute atomic E-state index is 0.286. The zero-order valence-electron chi connectivity index (χ0n) is 12.1. The van der Waals surface area contributed by atoms with Crippen LogP contribution in [0.25, 0.3) is 0 Å². The van der Waals surface area contributed by atoms with E-state index in [4.69, 9.17) is 4.74 Å². The molecule has 0 rings (SSSR count). The van der Waals surface area contributed by atoms with Crippen molar-refractivity contribution in [3.8, 4) is 11.8 Å². The summed E-state index contributed by atoms with van der Waals surface area (Å²) >= 11 is 0. The van der Waals surface area contributed by atoms with Crippen molar-refractivity contribution < 1.29 is 14.4 Å². The fourth-order valence-corrected chi connectivity index (χ4v) is 1.69. The van der Waals surface area contributed by atoms with E-state index in [0.717, 1.165) is 26.1 Å². The van der Waals surface area contributed by atoms with Crippen LogP contribution in [-0.4, -0.2) is 31.2 Å². The standard InChI is InChI=1S/C15H25NO2/c1-6-9-11-15(5,18-14(4)17)12-10-13-16(7-2)8-3/h6H,1,7-9,11,13H2,2-5H3/p+1/t15-/m0/s1. The number of esters is 1. The van der Waals surface area contributed by atoms with E-state index in [1.807, 2.05) is 13.0 Å². The van der Waals surface area contributed by atoms with Crippen LogP contribution in [0.2, 0.25) is 0 Å². The molecule has 0 bridgehead atoms. The van der Waals surface area contributed by atoms with E-state index in [2.05, 4.69) is 32.3 Å². The molecule has 0 amide bonds. The summed E-state index contributed by atoms with van der Waals surface area (Å²) in [5.74, 6) is 5.96. The molecule has 0 aromatic carbocycles. The summed E-state index contributed by atoms with van der Waals surface area (Å²) in [5, 5.41) is 0. The number of quaternary nitrogens is 1. The van der Waals surface area contributed by atoms with E-state index in [1.165, 1.54) is 11.8 Å². The lowest BCUT2D eigenvalue weighted by Gasteiger charge is -2.22. The molecule has 1 N–H and O–H groups in total. The number of carbonyl (C=O) groups is 1. The van der Waals surface area contributed by atoms with Gasteiger partial charge in [0.25, 0.3) is 0 Å². The SMILES string of the molecule is C=CCC[C@@](C)(C#CC[NH+](CC)CC)OC(C)=O. The first-order valence-electron chi connectivity index (χ1n) is 6.61. The lowest BCUT2D eigenvalue weighted by Crippen LogP contribution is -3.11. The highest BCUT2D eigenvalue weighted by Gasteiger charge is 2.24. The van der Waals surface area contributed by atoms with E-state index in [1.54, 1.807) is 0 Å². The molecule has 0 aliphatic rings. The van der Waals surface area contributed by atoms with Crippen molar-refractivity contribution >= 4 is 5.97 Å². The smallest absolute Gasteiger partial charge is 0.304 e. The first kappa shape index (κ1) is 16.7. The maximum atomic E-state index is 11.1. The number of nitrogens with one attached hydrogen (secondary N) is 1. The fraction of sp³-hybridized carbons (Fsp3) is 0.667. The van der Waals surface area contributed by atoms with E-state index in [9.17, 15) is 4.79 Å². The predicted octanol–water partition coefficient (Wildman–Crippen LogP) is 1.20. The van der Waals surface area contributed by atoms with Crippen LogP contribution in [-0.2, 0) is 9.53 Å². The Bertz CT molecular complexity index is 323. The van der Waals surface area contributed by atoms with Gasteiger partial charge >= 0.3 is 5.97 Å². The number of carbonyl (C=O) groups excluding carboxylic acids is 1. The molecule has 1 atom stereocenters. The van der Waals surface area contributed by atoms with Gasteiger partial charge in [-0.15, -0.1) is 6.58 Å². The first-order chi connectivity index (χ1) is 8.47. The fourth-order valence-electron chi connectivity index (χ4n) is 1.69. The molecular formula is C15H26NO2+. The van der Waals surface area contributed by atoms with Gasteiger partial charge in [0.15, 0.2) is 5.60 Å². The van der Waals surface area contributed by atoms with Gasteiger partial charge in [0, 0.05) is 13.3 Å². The molecule has 0 unspecified atom stereocenters. The largest absolute Gasteiger partial charge is 0.446 e. The van der Waals surface area contributed by atoms with E-state index in [0.29, 0.717) is 6.42 Å². The van der Waals surface area contributed by atoms with Gasteiger partial charge in [-0.1, -0.05) is 6.08 Å². The Morgan fingerprint density at radius 3 is 2.50 bits per heavy atom. The molecule has 102 valence electrons. The second-order valence-electron chi connectivity index (χ2n) is 4.59. The predicted molar refractivity (Wildman–Crippen MR) is 74.3 cm³/mol. The van der Waals surface area contributed by atoms with Crippen LogP contribution in [0.5, 0.6) is 0 Å². The highest BCUT2D eigenvalue weighted by molar-refractivity contribution is 5.67. The van der Waals surface area contributed by atoms with Crippen molar-refractivity contribution in [2.24, 2.45) is 0 Å². The minimum Gasteiger partial charge on any atom is -0.446 e. The normalized spacial score (nSPS) is 13.4. The minimum atomic E-state index is -0.688. The van der Waals surface area contributed by atoms with Gasteiger partial charge in [-0.3, -0.25) is 4.79 Å². The molecule has 3 heteroatoms. The van der Waals surface area contributed by atoms with Gasteiger partial charge in [-0.25, -0.2) is 0 Å². The van der Waals surface area contributed by atoms with E-state index < -0.39 is 5.60 Å². The molecule has 0 spiro atoms. The van der Waals surface area contributed by atoms with Crippen molar-refractivity contribution in [1.29, 1.82) is 0 Å². The van der Waals surface area contributed by atoms with Crippen molar-refractivity contribution in [2.45, 2.75) is 46.1 Å². The molecule has 0 radical (unpaired) electrons. The van der Waals surface area contributed by atoms with Gasteiger partial charge < -0.3 is 9.64 Å². The second-order valence-corrected chi connectivity index (χ2v) is 4.59. The third-order valence-electron chi connectivity index (χ3n) is 2.89. The highest BCUT2D eigenvalue weighted by Crippen LogP contribution is 2.17. The Hall–Kier alpha value is -1.27.